The van der Waals surface area contributed by atoms with Gasteiger partial charge in [-0.15, -0.1) is 0 Å². The maximum atomic E-state index is 12.1. The number of nitrogens with zero attached hydrogens (tertiary/aromatic N) is 1. The second-order valence-corrected chi connectivity index (χ2v) is 4.23. The van der Waals surface area contributed by atoms with E-state index in [-0.39, 0.29) is 29.6 Å². The number of phenols is 2. The molecule has 0 heterocycles. The molecule has 2 amide bonds. The topological polar surface area (TPSA) is 104 Å². The van der Waals surface area contributed by atoms with Crippen LogP contribution in [0.5, 0.6) is 11.5 Å². The number of nitrogens with two attached hydrogens (primary N) is 1. The van der Waals surface area contributed by atoms with E-state index in [1.807, 2.05) is 0 Å². The van der Waals surface area contributed by atoms with E-state index in [4.69, 9.17) is 5.73 Å². The minimum Gasteiger partial charge on any atom is -0.508 e. The van der Waals surface area contributed by atoms with Crippen molar-refractivity contribution in [3.8, 4) is 11.5 Å². The van der Waals surface area contributed by atoms with Gasteiger partial charge in [0.25, 0.3) is 5.91 Å². The molecule has 0 aliphatic rings. The highest BCUT2D eigenvalue weighted by Gasteiger charge is 2.21. The van der Waals surface area contributed by atoms with Gasteiger partial charge in [-0.3, -0.25) is 9.59 Å². The van der Waals surface area contributed by atoms with Gasteiger partial charge < -0.3 is 20.8 Å². The first-order valence-corrected chi connectivity index (χ1v) is 5.43. The monoisotopic (exact) mass is 252 g/mol. The molecule has 0 saturated carbocycles. The van der Waals surface area contributed by atoms with E-state index in [1.54, 1.807) is 13.8 Å². The van der Waals surface area contributed by atoms with Crippen LogP contribution in [-0.2, 0) is 4.79 Å². The van der Waals surface area contributed by atoms with Gasteiger partial charge in [0, 0.05) is 17.7 Å². The van der Waals surface area contributed by atoms with Crippen molar-refractivity contribution in [2.24, 2.45) is 5.73 Å². The van der Waals surface area contributed by atoms with Crippen molar-refractivity contribution in [2.45, 2.75) is 19.9 Å². The average molecular weight is 252 g/mol. The van der Waals surface area contributed by atoms with E-state index in [9.17, 15) is 19.8 Å². The molecule has 6 heteroatoms. The lowest BCUT2D eigenvalue weighted by Crippen LogP contribution is -2.42. The zero-order valence-electron chi connectivity index (χ0n) is 10.3. The molecular weight excluding hydrogens is 236 g/mol. The van der Waals surface area contributed by atoms with E-state index in [0.717, 1.165) is 6.07 Å². The molecule has 18 heavy (non-hydrogen) atoms. The van der Waals surface area contributed by atoms with E-state index < -0.39 is 11.8 Å². The Balaban J connectivity index is 3.05. The quantitative estimate of drug-likeness (QED) is 0.723. The van der Waals surface area contributed by atoms with Gasteiger partial charge in [-0.05, 0) is 26.0 Å². The molecule has 98 valence electrons. The van der Waals surface area contributed by atoms with Gasteiger partial charge in [-0.1, -0.05) is 0 Å². The molecule has 6 nitrogen and oxygen atoms in total. The Morgan fingerprint density at radius 1 is 1.22 bits per heavy atom. The van der Waals surface area contributed by atoms with E-state index in [1.165, 1.54) is 17.0 Å². The second kappa shape index (κ2) is 5.39. The Morgan fingerprint density at radius 2 is 1.72 bits per heavy atom. The van der Waals surface area contributed by atoms with Gasteiger partial charge in [0.1, 0.15) is 11.5 Å². The summed E-state index contributed by atoms with van der Waals surface area (Å²) in [5, 5.41) is 18.6. The molecule has 0 fully saturated rings. The van der Waals surface area contributed by atoms with Crippen LogP contribution in [0.3, 0.4) is 0 Å². The third kappa shape index (κ3) is 3.38. The highest BCUT2D eigenvalue weighted by Crippen LogP contribution is 2.22. The summed E-state index contributed by atoms with van der Waals surface area (Å²) >= 11 is 0. The SMILES string of the molecule is CC(C)N(CC(N)=O)C(=O)c1cc(O)cc(O)c1. The molecule has 1 aromatic rings. The zero-order valence-corrected chi connectivity index (χ0v) is 10.3. The van der Waals surface area contributed by atoms with E-state index in [0.29, 0.717) is 0 Å². The second-order valence-electron chi connectivity index (χ2n) is 4.23. The predicted molar refractivity (Wildman–Crippen MR) is 65.1 cm³/mol. The fourth-order valence-electron chi connectivity index (χ4n) is 1.54. The fraction of sp³-hybridized carbons (Fsp3) is 0.333. The molecule has 0 aromatic heterocycles. The third-order valence-corrected chi connectivity index (χ3v) is 2.36. The lowest BCUT2D eigenvalue weighted by atomic mass is 10.1. The van der Waals surface area contributed by atoms with Crippen LogP contribution in [0.15, 0.2) is 18.2 Å². The normalized spacial score (nSPS) is 10.4. The number of rotatable bonds is 4. The van der Waals surface area contributed by atoms with E-state index >= 15 is 0 Å². The van der Waals surface area contributed by atoms with Gasteiger partial charge >= 0.3 is 0 Å². The molecule has 1 rings (SSSR count). The first-order valence-electron chi connectivity index (χ1n) is 5.43. The Kier molecular flexibility index (Phi) is 4.14. The first-order chi connectivity index (χ1) is 8.31. The van der Waals surface area contributed by atoms with Crippen LogP contribution in [0.1, 0.15) is 24.2 Å². The maximum Gasteiger partial charge on any atom is 0.254 e. The Labute approximate surface area is 105 Å². The zero-order chi connectivity index (χ0) is 13.9. The summed E-state index contributed by atoms with van der Waals surface area (Å²) < 4.78 is 0. The number of carbonyl (C=O) groups excluding carboxylic acids is 2. The fourth-order valence-corrected chi connectivity index (χ4v) is 1.54. The number of carbonyl (C=O) groups is 2. The van der Waals surface area contributed by atoms with Crippen molar-refractivity contribution >= 4 is 11.8 Å². The van der Waals surface area contributed by atoms with Gasteiger partial charge in [0.05, 0.1) is 6.54 Å². The first kappa shape index (κ1) is 13.8. The van der Waals surface area contributed by atoms with Crippen LogP contribution in [0.2, 0.25) is 0 Å². The van der Waals surface area contributed by atoms with Gasteiger partial charge in [-0.2, -0.15) is 0 Å². The molecule has 0 spiro atoms. The number of primary amides is 1. The summed E-state index contributed by atoms with van der Waals surface area (Å²) in [6, 6.07) is 3.33. The summed E-state index contributed by atoms with van der Waals surface area (Å²) in [5.74, 6) is -1.54. The highest BCUT2D eigenvalue weighted by molar-refractivity contribution is 5.97. The van der Waals surface area contributed by atoms with Crippen LogP contribution in [0.25, 0.3) is 0 Å². The molecule has 0 unspecified atom stereocenters. The van der Waals surface area contributed by atoms with Crippen LogP contribution >= 0.6 is 0 Å². The number of hydrogen-bond acceptors (Lipinski definition) is 4. The molecule has 1 aromatic carbocycles. The van der Waals surface area contributed by atoms with Gasteiger partial charge in [-0.25, -0.2) is 0 Å². The van der Waals surface area contributed by atoms with Crippen LogP contribution < -0.4 is 5.73 Å². The maximum absolute atomic E-state index is 12.1. The van der Waals surface area contributed by atoms with Crippen molar-refractivity contribution in [1.82, 2.24) is 4.90 Å². The smallest absolute Gasteiger partial charge is 0.254 e. The summed E-state index contributed by atoms with van der Waals surface area (Å²) in [6.45, 7) is 3.26. The van der Waals surface area contributed by atoms with Crippen molar-refractivity contribution in [1.29, 1.82) is 0 Å². The average Bonchev–Trinajstić information content (AvgIpc) is 2.23. The molecule has 0 atom stereocenters. The highest BCUT2D eigenvalue weighted by atomic mass is 16.3. The summed E-state index contributed by atoms with van der Waals surface area (Å²) in [6.07, 6.45) is 0. The minimum absolute atomic E-state index is 0.0995. The lowest BCUT2D eigenvalue weighted by molar-refractivity contribution is -0.119. The van der Waals surface area contributed by atoms with E-state index in [2.05, 4.69) is 0 Å². The summed E-state index contributed by atoms with van der Waals surface area (Å²) in [7, 11) is 0. The molecule has 0 aliphatic heterocycles. The number of hydrogen-bond donors (Lipinski definition) is 3. The standard InChI is InChI=1S/C12H16N2O4/c1-7(2)14(6-11(13)17)12(18)8-3-9(15)5-10(16)4-8/h3-5,7,15-16H,6H2,1-2H3,(H2,13,17). The van der Waals surface area contributed by atoms with Crippen molar-refractivity contribution in [3.05, 3.63) is 23.8 Å². The predicted octanol–water partition coefficient (Wildman–Crippen LogP) is 0.434. The molecule has 0 aliphatic carbocycles. The van der Waals surface area contributed by atoms with Crippen molar-refractivity contribution in [3.63, 3.8) is 0 Å². The molecule has 0 saturated heterocycles. The van der Waals surface area contributed by atoms with Gasteiger partial charge in [0.15, 0.2) is 0 Å². The molecular formula is C12H16N2O4. The largest absolute Gasteiger partial charge is 0.508 e. The Hall–Kier alpha value is -2.24. The van der Waals surface area contributed by atoms with Gasteiger partial charge in [0.2, 0.25) is 5.91 Å². The third-order valence-electron chi connectivity index (χ3n) is 2.36. The van der Waals surface area contributed by atoms with Crippen molar-refractivity contribution < 1.29 is 19.8 Å². The number of amides is 2. The summed E-state index contributed by atoms with van der Waals surface area (Å²) in [5.41, 5.74) is 5.17. The number of phenolic OH excluding ortho intramolecular Hbond substituents is 2. The Bertz CT molecular complexity index is 451. The van der Waals surface area contributed by atoms with Crippen LogP contribution in [0, 0.1) is 0 Å². The van der Waals surface area contributed by atoms with Crippen LogP contribution in [0.4, 0.5) is 0 Å². The minimum atomic E-state index is -0.624. The lowest BCUT2D eigenvalue weighted by Gasteiger charge is -2.25. The molecule has 4 N–H and O–H groups in total. The molecule has 0 radical (unpaired) electrons. The molecule has 0 bridgehead atoms. The van der Waals surface area contributed by atoms with Crippen molar-refractivity contribution in [2.75, 3.05) is 6.54 Å². The summed E-state index contributed by atoms with van der Waals surface area (Å²) in [4.78, 5) is 24.3. The number of benzene rings is 1. The van der Waals surface area contributed by atoms with Crippen LogP contribution in [-0.4, -0.2) is 39.5 Å². The Morgan fingerprint density at radius 3 is 2.11 bits per heavy atom. The number of aromatic hydroxyl groups is 2.